The van der Waals surface area contributed by atoms with Gasteiger partial charge >= 0.3 is 0 Å². The lowest BCUT2D eigenvalue weighted by Gasteiger charge is -2.06. The van der Waals surface area contributed by atoms with Crippen LogP contribution in [0.25, 0.3) is 0 Å². The molecular weight excluding hydrogens is 364 g/mol. The number of halogens is 1. The summed E-state index contributed by atoms with van der Waals surface area (Å²) in [6.07, 6.45) is 3.21. The van der Waals surface area contributed by atoms with E-state index < -0.39 is 10.0 Å². The first-order valence-corrected chi connectivity index (χ1v) is 9.68. The van der Waals surface area contributed by atoms with Gasteiger partial charge in [-0.2, -0.15) is 0 Å². The lowest BCUT2D eigenvalue weighted by Crippen LogP contribution is -2.25. The number of nitrogens with one attached hydrogen (secondary N) is 1. The zero-order chi connectivity index (χ0) is 14.6. The van der Waals surface area contributed by atoms with Gasteiger partial charge in [-0.25, -0.2) is 13.1 Å². The molecule has 0 aromatic carbocycles. The SMILES string of the molecule is NCc1cc(S(=O)(=O)NCCCOCC2CC2)c(Br)s1. The summed E-state index contributed by atoms with van der Waals surface area (Å²) >= 11 is 4.62. The van der Waals surface area contributed by atoms with Gasteiger partial charge in [0.05, 0.1) is 3.79 Å². The quantitative estimate of drug-likeness (QED) is 0.640. The maximum atomic E-state index is 12.1. The van der Waals surface area contributed by atoms with Crippen LogP contribution in [0.1, 0.15) is 24.1 Å². The smallest absolute Gasteiger partial charge is 0.242 e. The fourth-order valence-corrected chi connectivity index (χ4v) is 5.31. The van der Waals surface area contributed by atoms with Crippen LogP contribution in [0.15, 0.2) is 14.7 Å². The van der Waals surface area contributed by atoms with E-state index in [-0.39, 0.29) is 4.90 Å². The van der Waals surface area contributed by atoms with Gasteiger partial charge in [-0.3, -0.25) is 0 Å². The number of hydrogen-bond acceptors (Lipinski definition) is 5. The number of ether oxygens (including phenoxy) is 1. The monoisotopic (exact) mass is 382 g/mol. The van der Waals surface area contributed by atoms with E-state index in [2.05, 4.69) is 20.7 Å². The van der Waals surface area contributed by atoms with Crippen LogP contribution in [0.5, 0.6) is 0 Å². The van der Waals surface area contributed by atoms with Crippen molar-refractivity contribution in [3.8, 4) is 0 Å². The van der Waals surface area contributed by atoms with Gasteiger partial charge in [-0.15, -0.1) is 11.3 Å². The topological polar surface area (TPSA) is 81.4 Å². The van der Waals surface area contributed by atoms with Gasteiger partial charge in [0.2, 0.25) is 10.0 Å². The molecule has 1 aliphatic rings. The van der Waals surface area contributed by atoms with E-state index >= 15 is 0 Å². The number of sulfonamides is 1. The second-order valence-corrected chi connectivity index (χ2v) is 9.01. The Morgan fingerprint density at radius 3 is 2.85 bits per heavy atom. The first-order chi connectivity index (χ1) is 9.53. The Morgan fingerprint density at radius 2 is 2.25 bits per heavy atom. The molecule has 0 atom stereocenters. The lowest BCUT2D eigenvalue weighted by atomic mass is 10.4. The number of thiophene rings is 1. The third kappa shape index (κ3) is 4.78. The molecule has 0 spiro atoms. The van der Waals surface area contributed by atoms with E-state index in [1.165, 1.54) is 24.2 Å². The Morgan fingerprint density at radius 1 is 1.50 bits per heavy atom. The molecule has 0 saturated heterocycles. The minimum Gasteiger partial charge on any atom is -0.381 e. The highest BCUT2D eigenvalue weighted by Crippen LogP contribution is 2.31. The zero-order valence-corrected chi connectivity index (χ0v) is 14.3. The Balaban J connectivity index is 1.75. The predicted molar refractivity (Wildman–Crippen MR) is 83.3 cm³/mol. The molecule has 0 unspecified atom stereocenters. The molecule has 0 aliphatic heterocycles. The van der Waals surface area contributed by atoms with E-state index in [1.54, 1.807) is 6.07 Å². The molecule has 114 valence electrons. The van der Waals surface area contributed by atoms with Gasteiger partial charge < -0.3 is 10.5 Å². The van der Waals surface area contributed by atoms with Crippen LogP contribution >= 0.6 is 27.3 Å². The van der Waals surface area contributed by atoms with E-state index in [4.69, 9.17) is 10.5 Å². The van der Waals surface area contributed by atoms with E-state index in [1.807, 2.05) is 0 Å². The van der Waals surface area contributed by atoms with Crippen molar-refractivity contribution < 1.29 is 13.2 Å². The first-order valence-electron chi connectivity index (χ1n) is 6.58. The van der Waals surface area contributed by atoms with Gasteiger partial charge in [0.25, 0.3) is 0 Å². The van der Waals surface area contributed by atoms with Crippen molar-refractivity contribution in [1.82, 2.24) is 4.72 Å². The molecule has 2 rings (SSSR count). The molecule has 1 aromatic heterocycles. The summed E-state index contributed by atoms with van der Waals surface area (Å²) in [5, 5.41) is 0. The van der Waals surface area contributed by atoms with Crippen molar-refractivity contribution in [2.75, 3.05) is 19.8 Å². The van der Waals surface area contributed by atoms with Crippen LogP contribution in [0.2, 0.25) is 0 Å². The summed E-state index contributed by atoms with van der Waals surface area (Å²) in [4.78, 5) is 1.10. The molecule has 1 aliphatic carbocycles. The number of nitrogens with two attached hydrogens (primary N) is 1. The highest BCUT2D eigenvalue weighted by atomic mass is 79.9. The van der Waals surface area contributed by atoms with Crippen LogP contribution < -0.4 is 10.5 Å². The molecule has 0 radical (unpaired) electrons. The maximum Gasteiger partial charge on any atom is 0.242 e. The number of hydrogen-bond donors (Lipinski definition) is 2. The lowest BCUT2D eigenvalue weighted by molar-refractivity contribution is 0.123. The van der Waals surface area contributed by atoms with Crippen molar-refractivity contribution in [2.45, 2.75) is 30.7 Å². The Bertz CT molecular complexity index is 541. The molecule has 3 N–H and O–H groups in total. The molecule has 0 bridgehead atoms. The molecular formula is C12H19BrN2O3S2. The van der Waals surface area contributed by atoms with Gasteiger partial charge in [-0.05, 0) is 47.2 Å². The molecule has 1 saturated carbocycles. The molecule has 20 heavy (non-hydrogen) atoms. The van der Waals surface area contributed by atoms with E-state index in [0.29, 0.717) is 29.9 Å². The van der Waals surface area contributed by atoms with Crippen LogP contribution in [0.3, 0.4) is 0 Å². The van der Waals surface area contributed by atoms with Gasteiger partial charge in [0, 0.05) is 31.2 Å². The predicted octanol–water partition coefficient (Wildman–Crippen LogP) is 2.06. The fraction of sp³-hybridized carbons (Fsp3) is 0.667. The Kier molecular flexibility index (Phi) is 6.00. The fourth-order valence-electron chi connectivity index (χ4n) is 1.67. The molecule has 1 heterocycles. The second-order valence-electron chi connectivity index (χ2n) is 4.82. The Hall–Kier alpha value is 0.01000. The summed E-state index contributed by atoms with van der Waals surface area (Å²) in [7, 11) is -3.47. The summed E-state index contributed by atoms with van der Waals surface area (Å²) < 4.78 is 32.9. The van der Waals surface area contributed by atoms with Crippen LogP contribution in [0.4, 0.5) is 0 Å². The van der Waals surface area contributed by atoms with Crippen molar-refractivity contribution >= 4 is 37.3 Å². The van der Waals surface area contributed by atoms with Crippen LogP contribution in [-0.2, 0) is 21.3 Å². The Labute approximate surface area is 132 Å². The van der Waals surface area contributed by atoms with Gasteiger partial charge in [-0.1, -0.05) is 0 Å². The molecule has 1 fully saturated rings. The van der Waals surface area contributed by atoms with E-state index in [9.17, 15) is 8.42 Å². The highest BCUT2D eigenvalue weighted by molar-refractivity contribution is 9.11. The average molecular weight is 383 g/mol. The highest BCUT2D eigenvalue weighted by Gasteiger charge is 2.21. The van der Waals surface area contributed by atoms with Crippen LogP contribution in [0, 0.1) is 5.92 Å². The summed E-state index contributed by atoms with van der Waals surface area (Å²) in [5.41, 5.74) is 5.52. The summed E-state index contributed by atoms with van der Waals surface area (Å²) in [6.45, 7) is 2.13. The van der Waals surface area contributed by atoms with Gasteiger partial charge in [0.15, 0.2) is 0 Å². The number of rotatable bonds is 9. The largest absolute Gasteiger partial charge is 0.381 e. The minimum absolute atomic E-state index is 0.266. The molecule has 8 heteroatoms. The van der Waals surface area contributed by atoms with Crippen molar-refractivity contribution in [3.63, 3.8) is 0 Å². The maximum absolute atomic E-state index is 12.1. The van der Waals surface area contributed by atoms with Crippen molar-refractivity contribution in [1.29, 1.82) is 0 Å². The summed E-state index contributed by atoms with van der Waals surface area (Å²) in [5.74, 6) is 0.739. The summed E-state index contributed by atoms with van der Waals surface area (Å²) in [6, 6.07) is 1.61. The zero-order valence-electron chi connectivity index (χ0n) is 11.1. The van der Waals surface area contributed by atoms with Crippen molar-refractivity contribution in [2.24, 2.45) is 11.7 Å². The molecule has 5 nitrogen and oxygen atoms in total. The standard InChI is InChI=1S/C12H19BrN2O3S2/c13-12-11(6-10(7-14)19-12)20(16,17)15-4-1-5-18-8-9-2-3-9/h6,9,15H,1-5,7-8,14H2. The third-order valence-corrected chi connectivity index (χ3v) is 6.74. The molecule has 0 amide bonds. The minimum atomic E-state index is -3.47. The van der Waals surface area contributed by atoms with Crippen molar-refractivity contribution in [3.05, 3.63) is 14.7 Å². The normalized spacial score (nSPS) is 15.7. The second kappa shape index (κ2) is 7.33. The third-order valence-electron chi connectivity index (χ3n) is 3.01. The van der Waals surface area contributed by atoms with Gasteiger partial charge in [0.1, 0.15) is 4.90 Å². The average Bonchev–Trinajstić information content (AvgIpc) is 3.14. The molecule has 1 aromatic rings. The first kappa shape index (κ1) is 16.4. The van der Waals surface area contributed by atoms with E-state index in [0.717, 1.165) is 17.4 Å². The van der Waals surface area contributed by atoms with Crippen LogP contribution in [-0.4, -0.2) is 28.2 Å².